The predicted octanol–water partition coefficient (Wildman–Crippen LogP) is 4.14. The van der Waals surface area contributed by atoms with Gasteiger partial charge in [-0.25, -0.2) is 8.42 Å². The number of anilines is 1. The molecule has 7 nitrogen and oxygen atoms in total. The molecule has 4 aromatic rings. The van der Waals surface area contributed by atoms with Crippen molar-refractivity contribution in [3.63, 3.8) is 0 Å². The Labute approximate surface area is 204 Å². The Hall–Kier alpha value is -3.36. The molecule has 2 bridgehead atoms. The third-order valence-corrected chi connectivity index (χ3v) is 9.21. The van der Waals surface area contributed by atoms with E-state index in [9.17, 15) is 13.2 Å². The molecule has 1 saturated heterocycles. The summed E-state index contributed by atoms with van der Waals surface area (Å²) in [5.74, 6) is 0.606. The molecule has 2 aromatic heterocycles. The van der Waals surface area contributed by atoms with Crippen LogP contribution in [-0.4, -0.2) is 44.5 Å². The van der Waals surface area contributed by atoms with Crippen LogP contribution in [-0.2, 0) is 16.6 Å². The van der Waals surface area contributed by atoms with Gasteiger partial charge in [0.15, 0.2) is 0 Å². The number of sulfonamides is 1. The topological polar surface area (TPSA) is 75.8 Å². The van der Waals surface area contributed by atoms with E-state index in [2.05, 4.69) is 0 Å². The van der Waals surface area contributed by atoms with Gasteiger partial charge in [-0.05, 0) is 48.7 Å². The molecule has 0 radical (unpaired) electrons. The lowest BCUT2D eigenvalue weighted by Gasteiger charge is -2.42. The summed E-state index contributed by atoms with van der Waals surface area (Å²) in [6, 6.07) is 18.6. The van der Waals surface area contributed by atoms with Gasteiger partial charge in [0.2, 0.25) is 10.0 Å². The fourth-order valence-electron chi connectivity index (χ4n) is 5.74. The second-order valence-electron chi connectivity index (χ2n) is 9.71. The molecule has 35 heavy (non-hydrogen) atoms. The molecular formula is C27H27N3O4S. The first-order valence-corrected chi connectivity index (χ1v) is 13.3. The van der Waals surface area contributed by atoms with Gasteiger partial charge in [0, 0.05) is 61.8 Å². The first-order chi connectivity index (χ1) is 16.8. The quantitative estimate of drug-likeness (QED) is 0.431. The monoisotopic (exact) mass is 489 g/mol. The maximum absolute atomic E-state index is 13.9. The molecule has 6 rings (SSSR count). The average Bonchev–Trinajstić information content (AvgIpc) is 3.38. The largest absolute Gasteiger partial charge is 0.464 e. The van der Waals surface area contributed by atoms with E-state index in [-0.39, 0.29) is 17.4 Å². The molecule has 2 atom stereocenters. The highest BCUT2D eigenvalue weighted by Gasteiger charge is 2.40. The molecule has 2 aromatic carbocycles. The molecule has 180 valence electrons. The summed E-state index contributed by atoms with van der Waals surface area (Å²) in [4.78, 5) is 15.6. The van der Waals surface area contributed by atoms with Gasteiger partial charge in [-0.1, -0.05) is 24.3 Å². The van der Waals surface area contributed by atoms with Crippen molar-refractivity contribution in [2.75, 3.05) is 32.1 Å². The Morgan fingerprint density at radius 1 is 0.914 bits per heavy atom. The molecule has 0 N–H and O–H groups in total. The van der Waals surface area contributed by atoms with Crippen LogP contribution in [0, 0.1) is 5.92 Å². The Morgan fingerprint density at radius 2 is 1.71 bits per heavy atom. The lowest BCUT2D eigenvalue weighted by Crippen LogP contribution is -2.49. The first kappa shape index (κ1) is 22.1. The number of nitrogens with zero attached hydrogens (tertiary/aromatic N) is 3. The normalized spacial score (nSPS) is 20.1. The third-order valence-electron chi connectivity index (χ3n) is 7.32. The fraction of sp³-hybridized carbons (Fsp3) is 0.296. The predicted molar refractivity (Wildman–Crippen MR) is 136 cm³/mol. The molecule has 2 aliphatic heterocycles. The first-order valence-electron chi connectivity index (χ1n) is 11.8. The van der Waals surface area contributed by atoms with Crippen LogP contribution in [0.15, 0.2) is 81.0 Å². The van der Waals surface area contributed by atoms with E-state index in [1.165, 1.54) is 0 Å². The maximum Gasteiger partial charge on any atom is 0.261 e. The van der Waals surface area contributed by atoms with Crippen LogP contribution in [0.2, 0.25) is 0 Å². The molecule has 4 heterocycles. The van der Waals surface area contributed by atoms with E-state index in [1.54, 1.807) is 34.8 Å². The zero-order valence-corrected chi connectivity index (χ0v) is 20.5. The van der Waals surface area contributed by atoms with Gasteiger partial charge in [-0.2, -0.15) is 4.31 Å². The van der Waals surface area contributed by atoms with E-state index < -0.39 is 10.0 Å². The van der Waals surface area contributed by atoms with Gasteiger partial charge < -0.3 is 13.9 Å². The van der Waals surface area contributed by atoms with Crippen molar-refractivity contribution in [2.24, 2.45) is 5.92 Å². The summed E-state index contributed by atoms with van der Waals surface area (Å²) < 4.78 is 36.8. The van der Waals surface area contributed by atoms with E-state index in [1.807, 2.05) is 60.0 Å². The maximum atomic E-state index is 13.9. The Morgan fingerprint density at radius 3 is 2.49 bits per heavy atom. The Balaban J connectivity index is 1.38. The molecule has 0 saturated carbocycles. The fourth-order valence-corrected chi connectivity index (χ4v) is 7.50. The van der Waals surface area contributed by atoms with Crippen molar-refractivity contribution >= 4 is 26.5 Å². The molecule has 0 spiro atoms. The van der Waals surface area contributed by atoms with Crippen LogP contribution in [0.4, 0.5) is 5.69 Å². The van der Waals surface area contributed by atoms with Crippen LogP contribution < -0.4 is 10.5 Å². The Kier molecular flexibility index (Phi) is 5.12. The number of pyridine rings is 1. The molecule has 0 unspecified atom stereocenters. The summed E-state index contributed by atoms with van der Waals surface area (Å²) in [5.41, 5.74) is 2.34. The van der Waals surface area contributed by atoms with Crippen molar-refractivity contribution in [3.05, 3.63) is 83.0 Å². The number of furan rings is 1. The van der Waals surface area contributed by atoms with Crippen LogP contribution in [0.1, 0.15) is 18.0 Å². The number of hydrogen-bond acceptors (Lipinski definition) is 5. The van der Waals surface area contributed by atoms with Gasteiger partial charge >= 0.3 is 0 Å². The smallest absolute Gasteiger partial charge is 0.261 e. The number of hydrogen-bond donors (Lipinski definition) is 0. The Bertz CT molecular complexity index is 1590. The van der Waals surface area contributed by atoms with Crippen molar-refractivity contribution in [1.82, 2.24) is 8.87 Å². The number of fused-ring (bicyclic) bond motifs is 5. The van der Waals surface area contributed by atoms with Gasteiger partial charge in [0.05, 0.1) is 16.7 Å². The lowest BCUT2D eigenvalue weighted by molar-refractivity contribution is 0.186. The minimum atomic E-state index is -3.72. The van der Waals surface area contributed by atoms with Gasteiger partial charge in [0.1, 0.15) is 5.76 Å². The van der Waals surface area contributed by atoms with Gasteiger partial charge in [-0.15, -0.1) is 0 Å². The van der Waals surface area contributed by atoms with Crippen molar-refractivity contribution in [3.8, 4) is 11.3 Å². The van der Waals surface area contributed by atoms with Gasteiger partial charge in [-0.3, -0.25) is 4.79 Å². The molecular weight excluding hydrogens is 462 g/mol. The number of rotatable bonds is 4. The minimum Gasteiger partial charge on any atom is -0.464 e. The minimum absolute atomic E-state index is 0.0251. The summed E-state index contributed by atoms with van der Waals surface area (Å²) >= 11 is 0. The zero-order valence-electron chi connectivity index (χ0n) is 19.7. The third kappa shape index (κ3) is 3.51. The van der Waals surface area contributed by atoms with Crippen molar-refractivity contribution in [2.45, 2.75) is 23.8 Å². The average molecular weight is 490 g/mol. The molecule has 0 aliphatic carbocycles. The van der Waals surface area contributed by atoms with E-state index in [0.717, 1.165) is 28.6 Å². The van der Waals surface area contributed by atoms with E-state index in [0.29, 0.717) is 35.9 Å². The van der Waals surface area contributed by atoms with Crippen LogP contribution in [0.5, 0.6) is 0 Å². The summed E-state index contributed by atoms with van der Waals surface area (Å²) in [6.45, 7) is 1.27. The van der Waals surface area contributed by atoms with Gasteiger partial charge in [0.25, 0.3) is 5.56 Å². The highest BCUT2D eigenvalue weighted by atomic mass is 32.2. The highest BCUT2D eigenvalue weighted by Crippen LogP contribution is 2.39. The summed E-state index contributed by atoms with van der Waals surface area (Å²) in [6.07, 6.45) is 2.44. The SMILES string of the molecule is CN(C)c1cccc2c(S(=O)(=O)N3C[C@@H]4C[C@H](C3)c3ccc(-c5ccco5)c(=O)n3C4)cccc12. The van der Waals surface area contributed by atoms with E-state index in [4.69, 9.17) is 4.42 Å². The summed E-state index contributed by atoms with van der Waals surface area (Å²) in [5, 5.41) is 1.65. The summed E-state index contributed by atoms with van der Waals surface area (Å²) in [7, 11) is 0.197. The van der Waals surface area contributed by atoms with E-state index >= 15 is 0 Å². The standard InChI is InChI=1S/C27H27N3O4S/c1-28(2)24-8-3-7-21-20(24)6-4-10-26(21)35(32,33)29-15-18-14-19(17-29)23-12-11-22(25-9-5-13-34-25)27(31)30(23)16-18/h3-13,18-19H,14-17H2,1-2H3/t18-,19+/m0/s1. The van der Waals surface area contributed by atoms with Crippen LogP contribution in [0.25, 0.3) is 22.1 Å². The number of piperidine rings is 1. The van der Waals surface area contributed by atoms with Crippen LogP contribution >= 0.6 is 0 Å². The molecule has 2 aliphatic rings. The molecule has 8 heteroatoms. The number of aromatic nitrogens is 1. The number of benzene rings is 2. The van der Waals surface area contributed by atoms with Crippen molar-refractivity contribution < 1.29 is 12.8 Å². The second-order valence-corrected chi connectivity index (χ2v) is 11.6. The molecule has 0 amide bonds. The zero-order chi connectivity index (χ0) is 24.3. The second kappa shape index (κ2) is 8.10. The molecule has 1 fully saturated rings. The van der Waals surface area contributed by atoms with Crippen molar-refractivity contribution in [1.29, 1.82) is 0 Å². The van der Waals surface area contributed by atoms with Crippen LogP contribution in [0.3, 0.4) is 0 Å². The highest BCUT2D eigenvalue weighted by molar-refractivity contribution is 7.89. The lowest BCUT2D eigenvalue weighted by atomic mass is 9.84.